The van der Waals surface area contributed by atoms with Crippen molar-refractivity contribution in [2.24, 2.45) is 0 Å². The first-order chi connectivity index (χ1) is 12.1. The number of likely N-dealkylation sites (tertiary alicyclic amines) is 1. The Morgan fingerprint density at radius 2 is 2.04 bits per heavy atom. The molecule has 1 aromatic carbocycles. The van der Waals surface area contributed by atoms with Crippen LogP contribution in [0.5, 0.6) is 0 Å². The minimum atomic E-state index is 0.319. The predicted molar refractivity (Wildman–Crippen MR) is 97.4 cm³/mol. The Labute approximate surface area is 148 Å². The average molecular weight is 336 g/mol. The van der Waals surface area contributed by atoms with E-state index in [9.17, 15) is 0 Å². The number of piperidine rings is 1. The number of nitrogens with zero attached hydrogens (tertiary/aromatic N) is 4. The van der Waals surface area contributed by atoms with Crippen LogP contribution in [0.1, 0.15) is 48.7 Å². The number of benzene rings is 1. The molecule has 0 aliphatic carbocycles. The van der Waals surface area contributed by atoms with Crippen LogP contribution < -0.4 is 0 Å². The zero-order chi connectivity index (χ0) is 17.4. The van der Waals surface area contributed by atoms with Crippen molar-refractivity contribution >= 4 is 10.9 Å². The van der Waals surface area contributed by atoms with Crippen molar-refractivity contribution in [3.63, 3.8) is 0 Å². The van der Waals surface area contributed by atoms with Crippen LogP contribution in [0.25, 0.3) is 10.9 Å². The second kappa shape index (κ2) is 6.56. The van der Waals surface area contributed by atoms with Gasteiger partial charge in [0, 0.05) is 30.6 Å². The fourth-order valence-corrected chi connectivity index (χ4v) is 3.84. The number of rotatable bonds is 3. The van der Waals surface area contributed by atoms with Crippen LogP contribution in [0.2, 0.25) is 0 Å². The van der Waals surface area contributed by atoms with E-state index in [0.29, 0.717) is 17.9 Å². The highest BCUT2D eigenvalue weighted by Crippen LogP contribution is 2.32. The van der Waals surface area contributed by atoms with Gasteiger partial charge in [-0.25, -0.2) is 0 Å². The largest absolute Gasteiger partial charge is 0.425 e. The van der Waals surface area contributed by atoms with E-state index in [4.69, 9.17) is 4.42 Å². The van der Waals surface area contributed by atoms with Gasteiger partial charge in [-0.1, -0.05) is 12.1 Å². The lowest BCUT2D eigenvalue weighted by Crippen LogP contribution is -2.41. The molecule has 1 aliphatic heterocycles. The molecular weight excluding hydrogens is 312 g/mol. The van der Waals surface area contributed by atoms with Crippen LogP contribution in [-0.4, -0.2) is 32.7 Å². The summed E-state index contributed by atoms with van der Waals surface area (Å²) in [6, 6.07) is 11.2. The van der Waals surface area contributed by atoms with Gasteiger partial charge in [-0.3, -0.25) is 9.88 Å². The number of aryl methyl sites for hydroxylation is 2. The molecule has 0 radical (unpaired) electrons. The molecule has 5 heteroatoms. The maximum absolute atomic E-state index is 5.70. The zero-order valence-corrected chi connectivity index (χ0v) is 15.1. The van der Waals surface area contributed by atoms with Crippen LogP contribution in [-0.2, 0) is 6.54 Å². The number of aromatic nitrogens is 3. The van der Waals surface area contributed by atoms with Gasteiger partial charge in [-0.05, 0) is 57.0 Å². The summed E-state index contributed by atoms with van der Waals surface area (Å²) in [6.07, 6.45) is 2.27. The molecule has 1 saturated heterocycles. The summed E-state index contributed by atoms with van der Waals surface area (Å²) in [7, 11) is 0. The van der Waals surface area contributed by atoms with Crippen molar-refractivity contribution in [1.29, 1.82) is 0 Å². The first kappa shape index (κ1) is 16.2. The number of fused-ring (bicyclic) bond motifs is 1. The maximum atomic E-state index is 5.70. The Bertz CT molecular complexity index is 888. The molecule has 0 amide bonds. The van der Waals surface area contributed by atoms with Crippen LogP contribution in [0, 0.1) is 13.8 Å². The fourth-order valence-electron chi connectivity index (χ4n) is 3.84. The molecule has 3 heterocycles. The molecule has 3 aromatic rings. The fraction of sp³-hybridized carbons (Fsp3) is 0.450. The van der Waals surface area contributed by atoms with E-state index < -0.39 is 0 Å². The third-order valence-electron chi connectivity index (χ3n) is 5.26. The summed E-state index contributed by atoms with van der Waals surface area (Å²) in [5.41, 5.74) is 3.45. The smallest absolute Gasteiger partial charge is 0.221 e. The van der Waals surface area contributed by atoms with E-state index in [0.717, 1.165) is 43.0 Å². The van der Waals surface area contributed by atoms with Gasteiger partial charge < -0.3 is 4.42 Å². The van der Waals surface area contributed by atoms with Crippen molar-refractivity contribution in [3.8, 4) is 0 Å². The highest BCUT2D eigenvalue weighted by atomic mass is 16.4. The van der Waals surface area contributed by atoms with Gasteiger partial charge in [-0.15, -0.1) is 10.2 Å². The summed E-state index contributed by atoms with van der Waals surface area (Å²) in [4.78, 5) is 7.12. The molecule has 25 heavy (non-hydrogen) atoms. The van der Waals surface area contributed by atoms with Gasteiger partial charge in [0.15, 0.2) is 0 Å². The van der Waals surface area contributed by atoms with Crippen molar-refractivity contribution < 1.29 is 4.42 Å². The van der Waals surface area contributed by atoms with E-state index in [1.54, 1.807) is 0 Å². The lowest BCUT2D eigenvalue weighted by atomic mass is 9.89. The lowest BCUT2D eigenvalue weighted by molar-refractivity contribution is 0.119. The molecule has 130 valence electrons. The minimum Gasteiger partial charge on any atom is -0.425 e. The average Bonchev–Trinajstić information content (AvgIpc) is 3.03. The van der Waals surface area contributed by atoms with Gasteiger partial charge in [-0.2, -0.15) is 0 Å². The molecule has 0 bridgehead atoms. The SMILES string of the molecule is Cc1ccc2cc(CN3CCC[C@H](c4nnc(C)o4)[C@@H]3C)ccc2n1. The summed E-state index contributed by atoms with van der Waals surface area (Å²) in [5, 5.41) is 9.47. The molecule has 0 saturated carbocycles. The predicted octanol–water partition coefficient (Wildman–Crippen LogP) is 4.00. The summed E-state index contributed by atoms with van der Waals surface area (Å²) < 4.78 is 5.70. The van der Waals surface area contributed by atoms with E-state index in [2.05, 4.69) is 57.3 Å². The van der Waals surface area contributed by atoms with E-state index in [1.165, 1.54) is 10.9 Å². The zero-order valence-electron chi connectivity index (χ0n) is 15.1. The monoisotopic (exact) mass is 336 g/mol. The standard InChI is InChI=1S/C20H24N4O/c1-13-6-8-17-11-16(7-9-19(17)21-13)12-24-10-4-5-18(14(24)2)20-23-22-15(3)25-20/h6-9,11,14,18H,4-5,10,12H2,1-3H3/t14-,18-/m0/s1. The first-order valence-electron chi connectivity index (χ1n) is 9.00. The van der Waals surface area contributed by atoms with Crippen molar-refractivity contribution in [2.75, 3.05) is 6.54 Å². The topological polar surface area (TPSA) is 55.1 Å². The van der Waals surface area contributed by atoms with Crippen molar-refractivity contribution in [1.82, 2.24) is 20.1 Å². The van der Waals surface area contributed by atoms with Crippen LogP contribution in [0.4, 0.5) is 0 Å². The highest BCUT2D eigenvalue weighted by molar-refractivity contribution is 5.79. The second-order valence-electron chi connectivity index (χ2n) is 7.10. The van der Waals surface area contributed by atoms with Gasteiger partial charge in [0.2, 0.25) is 11.8 Å². The molecule has 2 aromatic heterocycles. The number of pyridine rings is 1. The van der Waals surface area contributed by atoms with Crippen LogP contribution in [0.15, 0.2) is 34.7 Å². The van der Waals surface area contributed by atoms with E-state index >= 15 is 0 Å². The highest BCUT2D eigenvalue weighted by Gasteiger charge is 2.32. The molecule has 5 nitrogen and oxygen atoms in total. The molecule has 2 atom stereocenters. The number of hydrogen-bond donors (Lipinski definition) is 0. The Morgan fingerprint density at radius 3 is 2.84 bits per heavy atom. The van der Waals surface area contributed by atoms with E-state index in [-0.39, 0.29) is 0 Å². The minimum absolute atomic E-state index is 0.319. The van der Waals surface area contributed by atoms with Crippen molar-refractivity contribution in [2.45, 2.75) is 52.1 Å². The molecule has 1 fully saturated rings. The van der Waals surface area contributed by atoms with Crippen LogP contribution in [0.3, 0.4) is 0 Å². The Morgan fingerprint density at radius 1 is 1.16 bits per heavy atom. The van der Waals surface area contributed by atoms with Crippen LogP contribution >= 0.6 is 0 Å². The molecule has 0 spiro atoms. The Balaban J connectivity index is 1.54. The molecule has 4 rings (SSSR count). The third kappa shape index (κ3) is 3.29. The molecule has 0 N–H and O–H groups in total. The second-order valence-corrected chi connectivity index (χ2v) is 7.10. The van der Waals surface area contributed by atoms with Crippen molar-refractivity contribution in [3.05, 3.63) is 53.4 Å². The first-order valence-corrected chi connectivity index (χ1v) is 9.00. The Hall–Kier alpha value is -2.27. The molecule has 0 unspecified atom stereocenters. The summed E-state index contributed by atoms with van der Waals surface area (Å²) in [6.45, 7) is 8.20. The molecular formula is C20H24N4O. The lowest BCUT2D eigenvalue weighted by Gasteiger charge is -2.38. The van der Waals surface area contributed by atoms with Gasteiger partial charge >= 0.3 is 0 Å². The Kier molecular flexibility index (Phi) is 4.25. The van der Waals surface area contributed by atoms with Gasteiger partial charge in [0.05, 0.1) is 11.4 Å². The summed E-state index contributed by atoms with van der Waals surface area (Å²) in [5.74, 6) is 1.75. The number of hydrogen-bond acceptors (Lipinski definition) is 5. The van der Waals surface area contributed by atoms with E-state index in [1.807, 2.05) is 13.8 Å². The van der Waals surface area contributed by atoms with Gasteiger partial charge in [0.25, 0.3) is 0 Å². The molecule has 1 aliphatic rings. The quantitative estimate of drug-likeness (QED) is 0.723. The maximum Gasteiger partial charge on any atom is 0.221 e. The normalized spacial score (nSPS) is 21.7. The third-order valence-corrected chi connectivity index (χ3v) is 5.26. The summed E-state index contributed by atoms with van der Waals surface area (Å²) >= 11 is 0. The van der Waals surface area contributed by atoms with Gasteiger partial charge in [0.1, 0.15) is 0 Å².